The maximum atomic E-state index is 12.9. The van der Waals surface area contributed by atoms with Gasteiger partial charge in [-0.15, -0.1) is 0 Å². The highest BCUT2D eigenvalue weighted by molar-refractivity contribution is 7.99. The Labute approximate surface area is 405 Å². The number of carbonyl (C=O) groups excluding carboxylic acids is 6. The van der Waals surface area contributed by atoms with Gasteiger partial charge in [0.25, 0.3) is 0 Å². The average Bonchev–Trinajstić information content (AvgIpc) is 3.30. The highest BCUT2D eigenvalue weighted by Gasteiger charge is 2.30. The number of hydrogen-bond acceptors (Lipinski definition) is 13. The second-order valence-electron chi connectivity index (χ2n) is 17.9. The molecule has 18 heteroatoms. The molecule has 0 aromatic heterocycles. The predicted molar refractivity (Wildman–Crippen MR) is 263 cm³/mol. The Kier molecular flexibility index (Phi) is 41.5. The zero-order valence-corrected chi connectivity index (χ0v) is 42.0. The van der Waals surface area contributed by atoms with E-state index >= 15 is 0 Å². The van der Waals surface area contributed by atoms with Crippen LogP contribution in [0.4, 0.5) is 0 Å². The Morgan fingerprint density at radius 2 is 0.821 bits per heavy atom. The van der Waals surface area contributed by atoms with Gasteiger partial charge in [0, 0.05) is 30.3 Å². The predicted octanol–water partition coefficient (Wildman–Crippen LogP) is 6.11. The summed E-state index contributed by atoms with van der Waals surface area (Å²) >= 11 is 1.25. The maximum Gasteiger partial charge on any atom is 0.326 e. The molecule has 0 spiro atoms. The Morgan fingerprint density at radius 1 is 0.493 bits per heavy atom. The first kappa shape index (κ1) is 63.5. The summed E-state index contributed by atoms with van der Waals surface area (Å²) in [5.41, 5.74) is 11.1. The standard InChI is InChI=1S/C49H91N5O12S/c1-3-5-7-9-11-13-15-17-19-21-23-25-27-29-44(58)65-34-38(35-66-45(59)30-28-26-24-22-20-18-16-14-12-10-8-6-4-2)36-67-37-39(50)46(60)53-41(32-55)48(62)54-42(33-56)47(61)52-40(49(63)64)31-43(51)57/h38-42,55-56H,3-37,50H2,1-2H3,(H2,51,57)(H,52,61)(H,53,60)(H,54,62)(H,63,64)/t39-,40-,41-,42-/m0/s1. The number of hydrogen-bond donors (Lipinski definition) is 8. The van der Waals surface area contributed by atoms with E-state index in [9.17, 15) is 48.9 Å². The number of carboxylic acids is 1. The van der Waals surface area contributed by atoms with Crippen LogP contribution in [-0.4, -0.2) is 119 Å². The molecule has 0 fully saturated rings. The van der Waals surface area contributed by atoms with Crippen molar-refractivity contribution in [2.75, 3.05) is 37.9 Å². The van der Waals surface area contributed by atoms with Gasteiger partial charge in [0.2, 0.25) is 23.6 Å². The molecule has 0 radical (unpaired) electrons. The summed E-state index contributed by atoms with van der Waals surface area (Å²) in [6.45, 7) is 2.60. The molecule has 17 nitrogen and oxygen atoms in total. The van der Waals surface area contributed by atoms with E-state index in [1.54, 1.807) is 0 Å². The number of thioether (sulfide) groups is 1. The lowest BCUT2D eigenvalue weighted by Crippen LogP contribution is -2.59. The molecule has 0 aromatic rings. The van der Waals surface area contributed by atoms with Gasteiger partial charge in [0.05, 0.1) is 38.9 Å². The van der Waals surface area contributed by atoms with Crippen LogP contribution in [0.15, 0.2) is 0 Å². The van der Waals surface area contributed by atoms with Crippen molar-refractivity contribution in [3.63, 3.8) is 0 Å². The van der Waals surface area contributed by atoms with Crippen LogP contribution in [0, 0.1) is 5.92 Å². The molecule has 0 saturated carbocycles. The van der Waals surface area contributed by atoms with Gasteiger partial charge in [-0.25, -0.2) is 4.79 Å². The van der Waals surface area contributed by atoms with Gasteiger partial charge in [-0.2, -0.15) is 11.8 Å². The van der Waals surface area contributed by atoms with Crippen LogP contribution < -0.4 is 27.4 Å². The van der Waals surface area contributed by atoms with Crippen LogP contribution in [0.2, 0.25) is 0 Å². The summed E-state index contributed by atoms with van der Waals surface area (Å²) < 4.78 is 11.2. The van der Waals surface area contributed by atoms with Crippen LogP contribution in [-0.2, 0) is 43.0 Å². The van der Waals surface area contributed by atoms with Gasteiger partial charge in [-0.3, -0.25) is 28.8 Å². The van der Waals surface area contributed by atoms with Gasteiger partial charge in [0.15, 0.2) is 0 Å². The first-order chi connectivity index (χ1) is 32.3. The summed E-state index contributed by atoms with van der Waals surface area (Å²) in [5.74, 6) is -6.29. The van der Waals surface area contributed by atoms with Gasteiger partial charge in [0.1, 0.15) is 18.1 Å². The molecule has 10 N–H and O–H groups in total. The van der Waals surface area contributed by atoms with E-state index in [1.807, 2.05) is 5.32 Å². The number of aliphatic hydroxyl groups excluding tert-OH is 2. The van der Waals surface area contributed by atoms with Crippen molar-refractivity contribution in [2.45, 2.75) is 224 Å². The normalized spacial score (nSPS) is 13.0. The number of aliphatic carboxylic acids is 1. The van der Waals surface area contributed by atoms with E-state index in [1.165, 1.54) is 127 Å². The number of nitrogens with one attached hydrogen (secondary N) is 3. The number of esters is 2. The first-order valence-electron chi connectivity index (χ1n) is 25.6. The summed E-state index contributed by atoms with van der Waals surface area (Å²) in [5, 5.41) is 35.2. The fourth-order valence-electron chi connectivity index (χ4n) is 7.33. The molecular formula is C49H91N5O12S. The third-order valence-electron chi connectivity index (χ3n) is 11.6. The first-order valence-corrected chi connectivity index (χ1v) is 26.7. The van der Waals surface area contributed by atoms with E-state index in [4.69, 9.17) is 20.9 Å². The minimum Gasteiger partial charge on any atom is -0.480 e. The lowest BCUT2D eigenvalue weighted by Gasteiger charge is -2.23. The van der Waals surface area contributed by atoms with Crippen molar-refractivity contribution in [1.82, 2.24) is 16.0 Å². The van der Waals surface area contributed by atoms with Gasteiger partial charge in [-0.1, -0.05) is 168 Å². The average molecular weight is 974 g/mol. The van der Waals surface area contributed by atoms with Crippen molar-refractivity contribution in [1.29, 1.82) is 0 Å². The lowest BCUT2D eigenvalue weighted by molar-refractivity contribution is -0.148. The minimum atomic E-state index is -1.72. The zero-order valence-electron chi connectivity index (χ0n) is 41.2. The lowest BCUT2D eigenvalue weighted by atomic mass is 10.0. The summed E-state index contributed by atoms with van der Waals surface area (Å²) in [4.78, 5) is 86.3. The highest BCUT2D eigenvalue weighted by Crippen LogP contribution is 2.17. The van der Waals surface area contributed by atoms with E-state index in [0.29, 0.717) is 18.6 Å². The SMILES string of the molecule is CCCCCCCCCCCCCCCC(=O)OCC(COC(=O)CCCCCCCCCCCCCCC)CSC[C@H](N)C(=O)N[C@@H](CO)C(=O)N[C@@H](CO)C(=O)N[C@@H](CC(N)=O)C(=O)O. The molecule has 0 aromatic carbocycles. The molecule has 4 atom stereocenters. The highest BCUT2D eigenvalue weighted by atomic mass is 32.2. The Bertz CT molecular complexity index is 1300. The van der Waals surface area contributed by atoms with Crippen molar-refractivity contribution in [3.05, 3.63) is 0 Å². The minimum absolute atomic E-state index is 0.0137. The van der Waals surface area contributed by atoms with Crippen LogP contribution in [0.5, 0.6) is 0 Å². The van der Waals surface area contributed by atoms with Gasteiger partial charge in [-0.05, 0) is 12.8 Å². The van der Waals surface area contributed by atoms with Gasteiger partial charge >= 0.3 is 17.9 Å². The smallest absolute Gasteiger partial charge is 0.326 e. The van der Waals surface area contributed by atoms with E-state index < -0.39 is 73.4 Å². The summed E-state index contributed by atoms with van der Waals surface area (Å²) in [6, 6.07) is -6.18. The topological polar surface area (TPSA) is 287 Å². The van der Waals surface area contributed by atoms with Crippen LogP contribution in [0.1, 0.15) is 200 Å². The Morgan fingerprint density at radius 3 is 1.15 bits per heavy atom. The third kappa shape index (κ3) is 37.1. The van der Waals surface area contributed by atoms with Crippen LogP contribution in [0.3, 0.4) is 0 Å². The molecule has 67 heavy (non-hydrogen) atoms. The van der Waals surface area contributed by atoms with Crippen molar-refractivity contribution in [3.8, 4) is 0 Å². The number of carbonyl (C=O) groups is 7. The Balaban J connectivity index is 4.99. The fourth-order valence-corrected chi connectivity index (χ4v) is 8.40. The molecule has 0 bridgehead atoms. The summed E-state index contributed by atoms with van der Waals surface area (Å²) in [6.07, 6.45) is 31.0. The molecule has 0 aliphatic heterocycles. The molecule has 4 amide bonds. The molecule has 0 heterocycles. The number of rotatable bonds is 47. The van der Waals surface area contributed by atoms with E-state index in [-0.39, 0.29) is 36.8 Å². The number of unbranched alkanes of at least 4 members (excludes halogenated alkanes) is 24. The van der Waals surface area contributed by atoms with Crippen molar-refractivity contribution < 1.29 is 58.4 Å². The number of ether oxygens (including phenoxy) is 2. The molecule has 0 unspecified atom stereocenters. The quantitative estimate of drug-likeness (QED) is 0.0252. The van der Waals surface area contributed by atoms with Crippen LogP contribution in [0.25, 0.3) is 0 Å². The number of nitrogens with two attached hydrogens (primary N) is 2. The summed E-state index contributed by atoms with van der Waals surface area (Å²) in [7, 11) is 0. The molecule has 0 rings (SSSR count). The zero-order chi connectivity index (χ0) is 49.9. The van der Waals surface area contributed by atoms with E-state index in [2.05, 4.69) is 24.5 Å². The fraction of sp³-hybridized carbons (Fsp3) is 0.857. The van der Waals surface area contributed by atoms with E-state index in [0.717, 1.165) is 51.4 Å². The molecule has 0 aliphatic rings. The largest absolute Gasteiger partial charge is 0.480 e. The van der Waals surface area contributed by atoms with Crippen molar-refractivity contribution >= 4 is 53.3 Å². The third-order valence-corrected chi connectivity index (χ3v) is 12.9. The second-order valence-corrected chi connectivity index (χ2v) is 19.0. The molecule has 390 valence electrons. The monoisotopic (exact) mass is 974 g/mol. The number of carboxylic acid groups (broad SMARTS) is 1. The van der Waals surface area contributed by atoms with Crippen molar-refractivity contribution in [2.24, 2.45) is 17.4 Å². The maximum absolute atomic E-state index is 12.9. The van der Waals surface area contributed by atoms with Gasteiger partial charge < -0.3 is 52.2 Å². The van der Waals surface area contributed by atoms with Crippen LogP contribution >= 0.6 is 11.8 Å². The molecular weight excluding hydrogens is 883 g/mol. The number of primary amides is 1. The molecule has 0 saturated heterocycles. The number of aliphatic hydroxyl groups is 2. The molecule has 0 aliphatic carbocycles. The Hall–Kier alpha value is -3.48. The second kappa shape index (κ2) is 43.8. The number of amides is 4.